The molecule has 0 heterocycles. The fourth-order valence-corrected chi connectivity index (χ4v) is 1.64. The third-order valence-corrected chi connectivity index (χ3v) is 3.12. The molecule has 0 N–H and O–H groups in total. The Morgan fingerprint density at radius 3 is 2.13 bits per heavy atom. The van der Waals surface area contributed by atoms with E-state index in [-0.39, 0.29) is 0 Å². The van der Waals surface area contributed by atoms with Crippen LogP contribution < -0.4 is 0 Å². The Bertz CT molecular complexity index is 175. The molecular formula is C13H25NS. The summed E-state index contributed by atoms with van der Waals surface area (Å²) in [7, 11) is 4.05. The fraction of sp³-hybridized carbons (Fsp3) is 0.769. The molecule has 0 aliphatic rings. The lowest BCUT2D eigenvalue weighted by molar-refractivity contribution is 0.579. The van der Waals surface area contributed by atoms with Gasteiger partial charge in [0.1, 0.15) is 0 Å². The number of allylic oxidation sites excluding steroid dienone is 1. The summed E-state index contributed by atoms with van der Waals surface area (Å²) in [5, 5.41) is 0. The summed E-state index contributed by atoms with van der Waals surface area (Å²) in [5.74, 6) is 0. The first-order valence-corrected chi connectivity index (χ1v) is 6.40. The highest BCUT2D eigenvalue weighted by Gasteiger charge is 1.98. The lowest BCUT2D eigenvalue weighted by Crippen LogP contribution is -2.19. The Morgan fingerprint density at radius 1 is 1.07 bits per heavy atom. The number of thiocarbonyl (C=S) groups is 1. The van der Waals surface area contributed by atoms with Gasteiger partial charge in [-0.15, -0.1) is 6.58 Å². The van der Waals surface area contributed by atoms with Gasteiger partial charge < -0.3 is 4.90 Å². The SMILES string of the molecule is C=CCCCCCCCCC(=S)N(C)C. The summed E-state index contributed by atoms with van der Waals surface area (Å²) >= 11 is 5.23. The third kappa shape index (κ3) is 9.92. The van der Waals surface area contributed by atoms with Crippen molar-refractivity contribution in [2.24, 2.45) is 0 Å². The van der Waals surface area contributed by atoms with Gasteiger partial charge in [0.05, 0.1) is 4.99 Å². The third-order valence-electron chi connectivity index (χ3n) is 2.55. The summed E-state index contributed by atoms with van der Waals surface area (Å²) < 4.78 is 0. The normalized spacial score (nSPS) is 10.0. The second-order valence-electron chi connectivity index (χ2n) is 4.24. The fourth-order valence-electron chi connectivity index (χ4n) is 1.50. The van der Waals surface area contributed by atoms with Gasteiger partial charge in [0.25, 0.3) is 0 Å². The van der Waals surface area contributed by atoms with E-state index in [0.29, 0.717) is 0 Å². The Kier molecular flexibility index (Phi) is 9.91. The molecule has 2 heteroatoms. The first-order valence-electron chi connectivity index (χ1n) is 5.99. The van der Waals surface area contributed by atoms with Gasteiger partial charge in [0, 0.05) is 14.1 Å². The monoisotopic (exact) mass is 227 g/mol. The Labute approximate surface area is 101 Å². The maximum atomic E-state index is 5.23. The highest BCUT2D eigenvalue weighted by Crippen LogP contribution is 2.09. The lowest BCUT2D eigenvalue weighted by atomic mass is 10.1. The molecule has 0 amide bonds. The second-order valence-corrected chi connectivity index (χ2v) is 4.71. The van der Waals surface area contributed by atoms with E-state index in [1.807, 2.05) is 25.1 Å². The first-order chi connectivity index (χ1) is 7.18. The van der Waals surface area contributed by atoms with Gasteiger partial charge in [-0.05, 0) is 25.7 Å². The van der Waals surface area contributed by atoms with Crippen molar-refractivity contribution in [1.29, 1.82) is 0 Å². The minimum atomic E-state index is 1.08. The quantitative estimate of drug-likeness (QED) is 0.330. The van der Waals surface area contributed by atoms with E-state index >= 15 is 0 Å². The predicted octanol–water partition coefficient (Wildman–Crippen LogP) is 4.18. The molecule has 0 aromatic carbocycles. The van der Waals surface area contributed by atoms with Crippen LogP contribution >= 0.6 is 12.2 Å². The van der Waals surface area contributed by atoms with Crippen LogP contribution in [-0.2, 0) is 0 Å². The van der Waals surface area contributed by atoms with E-state index in [2.05, 4.69) is 6.58 Å². The van der Waals surface area contributed by atoms with Crippen LogP contribution in [0.15, 0.2) is 12.7 Å². The van der Waals surface area contributed by atoms with Crippen molar-refractivity contribution >= 4 is 17.2 Å². The smallest absolute Gasteiger partial charge is 0.0774 e. The molecule has 15 heavy (non-hydrogen) atoms. The molecule has 0 atom stereocenters. The van der Waals surface area contributed by atoms with Crippen LogP contribution in [0.4, 0.5) is 0 Å². The molecule has 0 saturated carbocycles. The molecule has 0 saturated heterocycles. The van der Waals surface area contributed by atoms with Gasteiger partial charge in [-0.3, -0.25) is 0 Å². The molecule has 0 rings (SSSR count). The zero-order chi connectivity index (χ0) is 11.5. The van der Waals surface area contributed by atoms with Crippen LogP contribution in [0.3, 0.4) is 0 Å². The van der Waals surface area contributed by atoms with Crippen LogP contribution in [0.25, 0.3) is 0 Å². The maximum absolute atomic E-state index is 5.23. The van der Waals surface area contributed by atoms with Gasteiger partial charge in [-0.1, -0.05) is 44.0 Å². The van der Waals surface area contributed by atoms with E-state index in [1.165, 1.54) is 44.9 Å². The van der Waals surface area contributed by atoms with Crippen molar-refractivity contribution in [3.8, 4) is 0 Å². The van der Waals surface area contributed by atoms with Crippen molar-refractivity contribution in [1.82, 2.24) is 4.90 Å². The van der Waals surface area contributed by atoms with Crippen LogP contribution in [-0.4, -0.2) is 24.0 Å². The summed E-state index contributed by atoms with van der Waals surface area (Å²) in [6.45, 7) is 3.72. The van der Waals surface area contributed by atoms with Crippen LogP contribution in [0.1, 0.15) is 51.4 Å². The molecule has 0 spiro atoms. The van der Waals surface area contributed by atoms with Crippen molar-refractivity contribution in [2.75, 3.05) is 14.1 Å². The van der Waals surface area contributed by atoms with E-state index in [0.717, 1.165) is 11.4 Å². The average Bonchev–Trinajstić information content (AvgIpc) is 2.21. The molecular weight excluding hydrogens is 202 g/mol. The molecule has 0 aliphatic carbocycles. The number of nitrogens with zero attached hydrogens (tertiary/aromatic N) is 1. The topological polar surface area (TPSA) is 3.24 Å². The molecule has 1 nitrogen and oxygen atoms in total. The van der Waals surface area contributed by atoms with Gasteiger partial charge in [-0.2, -0.15) is 0 Å². The van der Waals surface area contributed by atoms with E-state index in [4.69, 9.17) is 12.2 Å². The summed E-state index contributed by atoms with van der Waals surface area (Å²) in [6.07, 6.45) is 12.2. The zero-order valence-corrected chi connectivity index (χ0v) is 11.1. The van der Waals surface area contributed by atoms with Gasteiger partial charge in [0.15, 0.2) is 0 Å². The second kappa shape index (κ2) is 10.2. The minimum absolute atomic E-state index is 1.08. The zero-order valence-electron chi connectivity index (χ0n) is 10.3. The molecule has 0 bridgehead atoms. The largest absolute Gasteiger partial charge is 0.372 e. The Balaban J connectivity index is 3.11. The maximum Gasteiger partial charge on any atom is 0.0774 e. The Hall–Kier alpha value is -0.370. The van der Waals surface area contributed by atoms with Crippen LogP contribution in [0, 0.1) is 0 Å². The summed E-state index contributed by atoms with van der Waals surface area (Å²) in [6, 6.07) is 0. The van der Waals surface area contributed by atoms with Gasteiger partial charge in [-0.25, -0.2) is 0 Å². The molecule has 0 unspecified atom stereocenters. The highest BCUT2D eigenvalue weighted by molar-refractivity contribution is 7.80. The van der Waals surface area contributed by atoms with Crippen LogP contribution in [0.5, 0.6) is 0 Å². The van der Waals surface area contributed by atoms with E-state index < -0.39 is 0 Å². The molecule has 0 radical (unpaired) electrons. The molecule has 0 aromatic rings. The van der Waals surface area contributed by atoms with Gasteiger partial charge in [0.2, 0.25) is 0 Å². The number of unbranched alkanes of at least 4 members (excludes halogenated alkanes) is 6. The van der Waals surface area contributed by atoms with Crippen molar-refractivity contribution in [2.45, 2.75) is 51.4 Å². The number of hydrogen-bond acceptors (Lipinski definition) is 1. The lowest BCUT2D eigenvalue weighted by Gasteiger charge is -2.12. The minimum Gasteiger partial charge on any atom is -0.372 e. The van der Waals surface area contributed by atoms with Gasteiger partial charge >= 0.3 is 0 Å². The predicted molar refractivity (Wildman–Crippen MR) is 73.4 cm³/mol. The van der Waals surface area contributed by atoms with Crippen molar-refractivity contribution < 1.29 is 0 Å². The van der Waals surface area contributed by atoms with E-state index in [9.17, 15) is 0 Å². The molecule has 0 aromatic heterocycles. The van der Waals surface area contributed by atoms with Crippen LogP contribution in [0.2, 0.25) is 0 Å². The standard InChI is InChI=1S/C13H25NS/c1-4-5-6-7-8-9-10-11-12-13(15)14(2)3/h4H,1,5-12H2,2-3H3. The summed E-state index contributed by atoms with van der Waals surface area (Å²) in [5.41, 5.74) is 0. The molecule has 88 valence electrons. The number of rotatable bonds is 9. The average molecular weight is 227 g/mol. The molecule has 0 fully saturated rings. The summed E-state index contributed by atoms with van der Waals surface area (Å²) in [4.78, 5) is 3.13. The molecule has 0 aliphatic heterocycles. The Morgan fingerprint density at radius 2 is 1.60 bits per heavy atom. The number of hydrogen-bond donors (Lipinski definition) is 0. The highest BCUT2D eigenvalue weighted by atomic mass is 32.1. The van der Waals surface area contributed by atoms with Crippen molar-refractivity contribution in [3.63, 3.8) is 0 Å². The van der Waals surface area contributed by atoms with Crippen molar-refractivity contribution in [3.05, 3.63) is 12.7 Å². The van der Waals surface area contributed by atoms with E-state index in [1.54, 1.807) is 0 Å². The first kappa shape index (κ1) is 14.6.